The van der Waals surface area contributed by atoms with Gasteiger partial charge in [0.25, 0.3) is 0 Å². The average Bonchev–Trinajstić information content (AvgIpc) is 2.97. The zero-order valence-corrected chi connectivity index (χ0v) is 18.9. The first kappa shape index (κ1) is 21.0. The molecule has 2 aromatic carbocycles. The van der Waals surface area contributed by atoms with E-state index in [9.17, 15) is 4.79 Å². The van der Waals surface area contributed by atoms with Gasteiger partial charge in [-0.3, -0.25) is 9.69 Å². The number of carbonyl (C=O) groups is 1. The number of thiocarbonyl (C=S) groups is 1. The van der Waals surface area contributed by atoms with E-state index < -0.39 is 0 Å². The van der Waals surface area contributed by atoms with Crippen molar-refractivity contribution in [3.63, 3.8) is 0 Å². The van der Waals surface area contributed by atoms with Crippen molar-refractivity contribution in [1.29, 1.82) is 0 Å². The Balaban J connectivity index is 1.74. The third-order valence-electron chi connectivity index (χ3n) is 4.46. The van der Waals surface area contributed by atoms with Crippen LogP contribution >= 0.6 is 39.9 Å². The van der Waals surface area contributed by atoms with Crippen LogP contribution in [0.1, 0.15) is 11.1 Å². The van der Waals surface area contributed by atoms with Gasteiger partial charge in [-0.15, -0.1) is 0 Å². The molecule has 1 atom stereocenters. The van der Waals surface area contributed by atoms with Crippen LogP contribution in [0.25, 0.3) is 0 Å². The lowest BCUT2D eigenvalue weighted by Crippen LogP contribution is -2.31. The fraction of sp³-hybridized carbons (Fsp3) is 0.300. The van der Waals surface area contributed by atoms with Gasteiger partial charge < -0.3 is 14.2 Å². The number of benzene rings is 2. The minimum absolute atomic E-state index is 0.0208. The van der Waals surface area contributed by atoms with Crippen molar-refractivity contribution in [2.45, 2.75) is 18.2 Å². The lowest BCUT2D eigenvalue weighted by atomic mass is 10.1. The van der Waals surface area contributed by atoms with Crippen molar-refractivity contribution in [2.75, 3.05) is 21.3 Å². The van der Waals surface area contributed by atoms with Gasteiger partial charge >= 0.3 is 0 Å². The standard InChI is InChI=1S/C20H20BrNO4S2/c1-24-14-6-4-12(5-7-14)11-22-19(23)18(28-20(22)27)9-13-8-16(25-2)17(26-3)10-15(13)21/h4-8,10,18H,9,11H2,1-3H3/t18-/m0/s1. The lowest BCUT2D eigenvalue weighted by molar-refractivity contribution is -0.126. The number of carbonyl (C=O) groups excluding carboxylic acids is 1. The van der Waals surface area contributed by atoms with Crippen molar-refractivity contribution < 1.29 is 19.0 Å². The second-order valence-electron chi connectivity index (χ2n) is 6.15. The molecule has 0 saturated carbocycles. The van der Waals surface area contributed by atoms with Crippen LogP contribution in [0.4, 0.5) is 0 Å². The number of hydrogen-bond donors (Lipinski definition) is 0. The summed E-state index contributed by atoms with van der Waals surface area (Å²) in [4.78, 5) is 14.6. The van der Waals surface area contributed by atoms with Gasteiger partial charge in [0.1, 0.15) is 10.1 Å². The molecule has 1 fully saturated rings. The Morgan fingerprint density at radius 3 is 2.32 bits per heavy atom. The summed E-state index contributed by atoms with van der Waals surface area (Å²) in [6, 6.07) is 11.4. The molecule has 1 heterocycles. The van der Waals surface area contributed by atoms with Gasteiger partial charge in [-0.2, -0.15) is 0 Å². The molecule has 0 aromatic heterocycles. The molecule has 2 aromatic rings. The van der Waals surface area contributed by atoms with Crippen molar-refractivity contribution in [2.24, 2.45) is 0 Å². The van der Waals surface area contributed by atoms with E-state index >= 15 is 0 Å². The maximum Gasteiger partial charge on any atom is 0.242 e. The summed E-state index contributed by atoms with van der Waals surface area (Å²) in [5.41, 5.74) is 1.97. The molecule has 0 aliphatic carbocycles. The Bertz CT molecular complexity index is 889. The van der Waals surface area contributed by atoms with Gasteiger partial charge in [-0.1, -0.05) is 52.0 Å². The van der Waals surface area contributed by atoms with Crippen LogP contribution in [0.3, 0.4) is 0 Å². The van der Waals surface area contributed by atoms with Crippen LogP contribution in [0.2, 0.25) is 0 Å². The highest BCUT2D eigenvalue weighted by Gasteiger charge is 2.37. The normalized spacial score (nSPS) is 16.4. The van der Waals surface area contributed by atoms with Gasteiger partial charge in [0, 0.05) is 4.47 Å². The zero-order valence-electron chi connectivity index (χ0n) is 15.7. The van der Waals surface area contributed by atoms with E-state index in [4.69, 9.17) is 26.4 Å². The number of nitrogens with zero attached hydrogens (tertiary/aromatic N) is 1. The Labute approximate surface area is 182 Å². The molecule has 0 spiro atoms. The third-order valence-corrected chi connectivity index (χ3v) is 6.78. The molecule has 1 aliphatic heterocycles. The first-order valence-corrected chi connectivity index (χ1v) is 10.6. The van der Waals surface area contributed by atoms with Gasteiger partial charge in [-0.05, 0) is 41.8 Å². The van der Waals surface area contributed by atoms with E-state index in [1.807, 2.05) is 36.4 Å². The molecule has 148 valence electrons. The third kappa shape index (κ3) is 4.45. The average molecular weight is 482 g/mol. The molecular formula is C20H20BrNO4S2. The summed E-state index contributed by atoms with van der Waals surface area (Å²) in [5.74, 6) is 2.08. The number of rotatable bonds is 7. The summed E-state index contributed by atoms with van der Waals surface area (Å²) in [5, 5.41) is -0.264. The molecule has 0 unspecified atom stereocenters. The number of methoxy groups -OCH3 is 3. The fourth-order valence-electron chi connectivity index (χ4n) is 2.94. The Morgan fingerprint density at radius 1 is 1.07 bits per heavy atom. The maximum atomic E-state index is 13.0. The fourth-order valence-corrected chi connectivity index (χ4v) is 4.94. The van der Waals surface area contributed by atoms with Gasteiger partial charge in [0.15, 0.2) is 11.5 Å². The predicted octanol–water partition coefficient (Wildman–Crippen LogP) is 4.45. The summed E-state index contributed by atoms with van der Waals surface area (Å²) < 4.78 is 17.3. The van der Waals surface area contributed by atoms with Gasteiger partial charge in [-0.25, -0.2) is 0 Å². The molecule has 3 rings (SSSR count). The van der Waals surface area contributed by atoms with Crippen LogP contribution in [0.15, 0.2) is 40.9 Å². The Kier molecular flexibility index (Phi) is 6.85. The largest absolute Gasteiger partial charge is 0.497 e. The number of halogens is 1. The van der Waals surface area contributed by atoms with Crippen molar-refractivity contribution in [3.05, 3.63) is 52.0 Å². The molecule has 0 N–H and O–H groups in total. The van der Waals surface area contributed by atoms with Gasteiger partial charge in [0.05, 0.1) is 33.1 Å². The topological polar surface area (TPSA) is 48.0 Å². The SMILES string of the molecule is COc1ccc(CN2C(=O)[C@H](Cc3cc(OC)c(OC)cc3Br)SC2=S)cc1. The van der Waals surface area contributed by atoms with Crippen LogP contribution in [-0.2, 0) is 17.8 Å². The van der Waals surface area contributed by atoms with Crippen LogP contribution < -0.4 is 14.2 Å². The minimum atomic E-state index is -0.264. The Hall–Kier alpha value is -1.77. The number of ether oxygens (including phenoxy) is 3. The van der Waals surface area contributed by atoms with E-state index in [0.717, 1.165) is 21.3 Å². The second-order valence-corrected chi connectivity index (χ2v) is 8.84. The van der Waals surface area contributed by atoms with Crippen LogP contribution in [0, 0.1) is 0 Å². The molecule has 1 saturated heterocycles. The first-order chi connectivity index (χ1) is 13.5. The molecule has 5 nitrogen and oxygen atoms in total. The van der Waals surface area contributed by atoms with Gasteiger partial charge in [0.2, 0.25) is 5.91 Å². The number of amides is 1. The maximum absolute atomic E-state index is 13.0. The molecule has 28 heavy (non-hydrogen) atoms. The molecule has 1 aliphatic rings. The Morgan fingerprint density at radius 2 is 1.71 bits per heavy atom. The summed E-state index contributed by atoms with van der Waals surface area (Å²) in [6.45, 7) is 0.457. The van der Waals surface area contributed by atoms with Crippen LogP contribution in [0.5, 0.6) is 17.2 Å². The highest BCUT2D eigenvalue weighted by Crippen LogP contribution is 2.37. The summed E-state index contributed by atoms with van der Waals surface area (Å²) in [7, 11) is 4.81. The quantitative estimate of drug-likeness (QED) is 0.544. The molecule has 0 radical (unpaired) electrons. The van der Waals surface area contributed by atoms with Crippen LogP contribution in [-0.4, -0.2) is 41.7 Å². The van der Waals surface area contributed by atoms with E-state index in [0.29, 0.717) is 28.8 Å². The lowest BCUT2D eigenvalue weighted by Gasteiger charge is -2.16. The van der Waals surface area contributed by atoms with E-state index in [1.54, 1.807) is 26.2 Å². The van der Waals surface area contributed by atoms with Crippen molar-refractivity contribution in [1.82, 2.24) is 4.90 Å². The second kappa shape index (κ2) is 9.15. The summed E-state index contributed by atoms with van der Waals surface area (Å²) in [6.07, 6.45) is 0.545. The summed E-state index contributed by atoms with van der Waals surface area (Å²) >= 11 is 10.5. The number of hydrogen-bond acceptors (Lipinski definition) is 6. The molecule has 0 bridgehead atoms. The van der Waals surface area contributed by atoms with Crippen molar-refractivity contribution >= 4 is 50.1 Å². The van der Waals surface area contributed by atoms with Crippen molar-refractivity contribution in [3.8, 4) is 17.2 Å². The zero-order chi connectivity index (χ0) is 20.3. The monoisotopic (exact) mass is 481 g/mol. The minimum Gasteiger partial charge on any atom is -0.497 e. The first-order valence-electron chi connectivity index (χ1n) is 8.52. The molecule has 8 heteroatoms. The van der Waals surface area contributed by atoms with E-state index in [1.165, 1.54) is 11.8 Å². The van der Waals surface area contributed by atoms with E-state index in [-0.39, 0.29) is 11.2 Å². The van der Waals surface area contributed by atoms with E-state index in [2.05, 4.69) is 15.9 Å². The smallest absolute Gasteiger partial charge is 0.242 e. The molecular weight excluding hydrogens is 462 g/mol. The predicted molar refractivity (Wildman–Crippen MR) is 118 cm³/mol. The highest BCUT2D eigenvalue weighted by molar-refractivity contribution is 9.10. The number of thioether (sulfide) groups is 1. The highest BCUT2D eigenvalue weighted by atomic mass is 79.9. The molecule has 1 amide bonds.